The molecule has 1 atom stereocenters. The van der Waals surface area contributed by atoms with E-state index in [4.69, 9.17) is 9.73 Å². The Hall–Kier alpha value is -3.04. The van der Waals surface area contributed by atoms with Crippen LogP contribution >= 0.6 is 0 Å². The molecule has 0 N–H and O–H groups in total. The van der Waals surface area contributed by atoms with Gasteiger partial charge in [-0.05, 0) is 71.4 Å². The first-order valence-electron chi connectivity index (χ1n) is 13.4. The van der Waals surface area contributed by atoms with E-state index in [-0.39, 0.29) is 28.8 Å². The standard InChI is InChI=1S/C34H41NO2/c1-23-13-16-26(17-14-23)31(30(36)20-25-21-33(3,4)37-34(5,6)22-25)29-19-24(2)15-18-28(29)32(35-7)27-11-9-8-10-12-27/h8-19,25,31H,20-22H2,1-7H3. The van der Waals surface area contributed by atoms with Gasteiger partial charge in [0.15, 0.2) is 0 Å². The van der Waals surface area contributed by atoms with E-state index >= 15 is 0 Å². The topological polar surface area (TPSA) is 38.7 Å². The number of benzene rings is 3. The lowest BCUT2D eigenvalue weighted by atomic mass is 9.74. The Kier molecular flexibility index (Phi) is 7.85. The second-order valence-electron chi connectivity index (χ2n) is 11.9. The molecular formula is C34H41NO2. The number of hydrogen-bond donors (Lipinski definition) is 0. The summed E-state index contributed by atoms with van der Waals surface area (Å²) in [5, 5.41) is 0. The van der Waals surface area contributed by atoms with E-state index in [0.29, 0.717) is 6.42 Å². The third kappa shape index (κ3) is 6.45. The first-order chi connectivity index (χ1) is 17.5. The summed E-state index contributed by atoms with van der Waals surface area (Å²) in [6.45, 7) is 12.8. The van der Waals surface area contributed by atoms with Gasteiger partial charge in [-0.2, -0.15) is 0 Å². The van der Waals surface area contributed by atoms with Crippen LogP contribution in [0.15, 0.2) is 77.8 Å². The van der Waals surface area contributed by atoms with Crippen molar-refractivity contribution in [3.8, 4) is 0 Å². The molecule has 3 nitrogen and oxygen atoms in total. The predicted molar refractivity (Wildman–Crippen MR) is 154 cm³/mol. The van der Waals surface area contributed by atoms with Crippen molar-refractivity contribution in [2.75, 3.05) is 7.05 Å². The minimum absolute atomic E-state index is 0.240. The van der Waals surface area contributed by atoms with E-state index in [1.807, 2.05) is 25.2 Å². The normalized spacial score (nSPS) is 18.4. The molecule has 0 radical (unpaired) electrons. The van der Waals surface area contributed by atoms with Gasteiger partial charge in [0.05, 0.1) is 22.8 Å². The summed E-state index contributed by atoms with van der Waals surface area (Å²) in [5.74, 6) is 0.184. The fraction of sp³-hybridized carbons (Fsp3) is 0.412. The molecule has 37 heavy (non-hydrogen) atoms. The highest BCUT2D eigenvalue weighted by molar-refractivity contribution is 6.14. The number of carbonyl (C=O) groups excluding carboxylic acids is 1. The van der Waals surface area contributed by atoms with Crippen LogP contribution in [0.2, 0.25) is 0 Å². The number of hydrogen-bond acceptors (Lipinski definition) is 3. The fourth-order valence-electron chi connectivity index (χ4n) is 6.28. The zero-order chi connectivity index (χ0) is 26.8. The van der Waals surface area contributed by atoms with Crippen molar-refractivity contribution in [3.05, 3.63) is 106 Å². The van der Waals surface area contributed by atoms with Crippen molar-refractivity contribution in [1.29, 1.82) is 0 Å². The molecule has 1 aliphatic heterocycles. The van der Waals surface area contributed by atoms with E-state index in [1.54, 1.807) is 0 Å². The molecular weight excluding hydrogens is 454 g/mol. The number of ether oxygens (including phenoxy) is 1. The quantitative estimate of drug-likeness (QED) is 0.313. The monoisotopic (exact) mass is 495 g/mol. The number of Topliss-reactive ketones (excluding diaryl/α,β-unsaturated/α-hetero) is 1. The zero-order valence-corrected chi connectivity index (χ0v) is 23.5. The third-order valence-corrected chi connectivity index (χ3v) is 7.38. The van der Waals surface area contributed by atoms with E-state index in [2.05, 4.69) is 96.1 Å². The van der Waals surface area contributed by atoms with Gasteiger partial charge in [-0.25, -0.2) is 0 Å². The highest BCUT2D eigenvalue weighted by Crippen LogP contribution is 2.42. The molecule has 194 valence electrons. The molecule has 0 aliphatic carbocycles. The molecule has 0 bridgehead atoms. The van der Waals surface area contributed by atoms with Crippen LogP contribution in [-0.2, 0) is 9.53 Å². The Labute approximate surface area is 223 Å². The van der Waals surface area contributed by atoms with Crippen molar-refractivity contribution in [2.24, 2.45) is 10.9 Å². The van der Waals surface area contributed by atoms with Gasteiger partial charge in [0, 0.05) is 24.6 Å². The second-order valence-corrected chi connectivity index (χ2v) is 11.9. The van der Waals surface area contributed by atoms with Gasteiger partial charge in [-0.15, -0.1) is 0 Å². The van der Waals surface area contributed by atoms with Crippen LogP contribution in [0.25, 0.3) is 0 Å². The average Bonchev–Trinajstić information content (AvgIpc) is 2.81. The highest BCUT2D eigenvalue weighted by atomic mass is 16.5. The van der Waals surface area contributed by atoms with Crippen LogP contribution in [0.1, 0.15) is 86.3 Å². The Morgan fingerprint density at radius 2 is 1.49 bits per heavy atom. The van der Waals surface area contributed by atoms with Crippen LogP contribution in [-0.4, -0.2) is 29.7 Å². The fourth-order valence-corrected chi connectivity index (χ4v) is 6.28. The Balaban J connectivity index is 1.80. The van der Waals surface area contributed by atoms with Crippen LogP contribution in [0, 0.1) is 19.8 Å². The van der Waals surface area contributed by atoms with Crippen molar-refractivity contribution in [2.45, 2.75) is 77.9 Å². The van der Waals surface area contributed by atoms with Crippen LogP contribution < -0.4 is 0 Å². The number of rotatable bonds is 7. The van der Waals surface area contributed by atoms with Gasteiger partial charge in [0.2, 0.25) is 0 Å². The third-order valence-electron chi connectivity index (χ3n) is 7.38. The maximum atomic E-state index is 14.3. The maximum Gasteiger partial charge on any atom is 0.145 e. The largest absolute Gasteiger partial charge is 0.370 e. The summed E-state index contributed by atoms with van der Waals surface area (Å²) in [7, 11) is 1.83. The first-order valence-corrected chi connectivity index (χ1v) is 13.4. The molecule has 0 saturated carbocycles. The molecule has 1 saturated heterocycles. The molecule has 3 aromatic rings. The summed E-state index contributed by atoms with van der Waals surface area (Å²) in [5.41, 5.74) is 6.90. The first kappa shape index (κ1) is 27.0. The summed E-state index contributed by atoms with van der Waals surface area (Å²) in [4.78, 5) is 19.1. The Morgan fingerprint density at radius 1 is 0.892 bits per heavy atom. The van der Waals surface area contributed by atoms with Gasteiger partial charge in [0.1, 0.15) is 5.78 Å². The van der Waals surface area contributed by atoms with Crippen molar-refractivity contribution in [1.82, 2.24) is 0 Å². The smallest absolute Gasteiger partial charge is 0.145 e. The molecule has 0 spiro atoms. The van der Waals surface area contributed by atoms with Crippen molar-refractivity contribution >= 4 is 11.5 Å². The minimum Gasteiger partial charge on any atom is -0.370 e. The number of nitrogens with zero attached hydrogens (tertiary/aromatic N) is 1. The van der Waals surface area contributed by atoms with Crippen LogP contribution in [0.4, 0.5) is 0 Å². The van der Waals surface area contributed by atoms with E-state index in [1.165, 1.54) is 5.56 Å². The second kappa shape index (κ2) is 10.8. The molecule has 4 rings (SSSR count). The Morgan fingerprint density at radius 3 is 2.08 bits per heavy atom. The van der Waals surface area contributed by atoms with Gasteiger partial charge in [-0.3, -0.25) is 9.79 Å². The summed E-state index contributed by atoms with van der Waals surface area (Å²) < 4.78 is 6.32. The minimum atomic E-state index is -0.356. The average molecular weight is 496 g/mol. The van der Waals surface area contributed by atoms with Crippen molar-refractivity contribution < 1.29 is 9.53 Å². The van der Waals surface area contributed by atoms with E-state index in [0.717, 1.165) is 46.4 Å². The molecule has 0 aromatic heterocycles. The molecule has 1 heterocycles. The number of aliphatic imine (C=N–C) groups is 1. The SMILES string of the molecule is CN=C(c1ccccc1)c1ccc(C)cc1C(C(=O)CC1CC(C)(C)OC(C)(C)C1)c1ccc(C)cc1. The molecule has 0 amide bonds. The highest BCUT2D eigenvalue weighted by Gasteiger charge is 2.41. The number of carbonyl (C=O) groups is 1. The van der Waals surface area contributed by atoms with E-state index < -0.39 is 0 Å². The molecule has 1 fully saturated rings. The summed E-state index contributed by atoms with van der Waals surface area (Å²) >= 11 is 0. The molecule has 1 unspecified atom stereocenters. The molecule has 3 aromatic carbocycles. The van der Waals surface area contributed by atoms with Gasteiger partial charge in [-0.1, -0.05) is 83.9 Å². The Bertz CT molecular complexity index is 1250. The van der Waals surface area contributed by atoms with Crippen LogP contribution in [0.3, 0.4) is 0 Å². The molecule has 3 heteroatoms. The lowest BCUT2D eigenvalue weighted by molar-refractivity contribution is -0.174. The predicted octanol–water partition coefficient (Wildman–Crippen LogP) is 7.85. The van der Waals surface area contributed by atoms with E-state index in [9.17, 15) is 4.79 Å². The van der Waals surface area contributed by atoms with Gasteiger partial charge in [0.25, 0.3) is 0 Å². The summed E-state index contributed by atoms with van der Waals surface area (Å²) in [6.07, 6.45) is 2.30. The summed E-state index contributed by atoms with van der Waals surface area (Å²) in [6, 6.07) is 25.1. The van der Waals surface area contributed by atoms with Gasteiger partial charge < -0.3 is 4.74 Å². The lowest BCUT2D eigenvalue weighted by Crippen LogP contribution is -2.45. The number of aryl methyl sites for hydroxylation is 2. The zero-order valence-electron chi connectivity index (χ0n) is 23.5. The lowest BCUT2D eigenvalue weighted by Gasteiger charge is -2.45. The maximum absolute atomic E-state index is 14.3. The number of ketones is 1. The van der Waals surface area contributed by atoms with Crippen LogP contribution in [0.5, 0.6) is 0 Å². The van der Waals surface area contributed by atoms with Crippen molar-refractivity contribution in [3.63, 3.8) is 0 Å². The van der Waals surface area contributed by atoms with Gasteiger partial charge >= 0.3 is 0 Å². The molecule has 1 aliphatic rings.